The molecule has 5 atom stereocenters. The molecule has 0 unspecified atom stereocenters. The second-order valence-corrected chi connectivity index (χ2v) is 14.3. The van der Waals surface area contributed by atoms with Crippen LogP contribution in [0.5, 0.6) is 0 Å². The lowest BCUT2D eigenvalue weighted by Crippen LogP contribution is -2.59. The van der Waals surface area contributed by atoms with Crippen molar-refractivity contribution in [2.45, 2.75) is 90.5 Å². The number of benzene rings is 2. The number of amides is 4. The summed E-state index contributed by atoms with van der Waals surface area (Å²) in [5, 5.41) is 24.3. The van der Waals surface area contributed by atoms with Crippen molar-refractivity contribution in [3.63, 3.8) is 0 Å². The third-order valence-corrected chi connectivity index (χ3v) is 9.43. The normalized spacial score (nSPS) is 15.9. The van der Waals surface area contributed by atoms with Crippen LogP contribution in [0.15, 0.2) is 59.6 Å². The molecule has 1 saturated heterocycles. The number of hydrogen-bond acceptors (Lipinski definition) is 8. The Morgan fingerprint density at radius 2 is 1.44 bits per heavy atom. The van der Waals surface area contributed by atoms with Crippen molar-refractivity contribution in [1.82, 2.24) is 31.5 Å². The van der Waals surface area contributed by atoms with Gasteiger partial charge in [0.1, 0.15) is 24.2 Å². The molecule has 1 heterocycles. The van der Waals surface area contributed by atoms with Gasteiger partial charge >= 0.3 is 5.97 Å². The van der Waals surface area contributed by atoms with Gasteiger partial charge in [-0.25, -0.2) is 4.79 Å². The van der Waals surface area contributed by atoms with Crippen LogP contribution < -0.4 is 38.1 Å². The van der Waals surface area contributed by atoms with E-state index in [2.05, 4.69) is 36.5 Å². The molecule has 296 valence electrons. The fourth-order valence-electron chi connectivity index (χ4n) is 6.15. The zero-order chi connectivity index (χ0) is 39.6. The average molecular weight is 750 g/mol. The van der Waals surface area contributed by atoms with Gasteiger partial charge < -0.3 is 43.2 Å². The van der Waals surface area contributed by atoms with Crippen molar-refractivity contribution < 1.29 is 29.1 Å². The van der Waals surface area contributed by atoms with Crippen LogP contribution in [0.1, 0.15) is 74.9 Å². The van der Waals surface area contributed by atoms with Crippen LogP contribution in [0.25, 0.3) is 0 Å². The topological polar surface area (TPSA) is 233 Å². The molecule has 2 aromatic rings. The Labute approximate surface area is 318 Å². The Morgan fingerprint density at radius 3 is 2.04 bits per heavy atom. The number of nitrogens with two attached hydrogens (primary N) is 2. The van der Waals surface area contributed by atoms with Gasteiger partial charge in [-0.15, -0.1) is 0 Å². The zero-order valence-electron chi connectivity index (χ0n) is 32.0. The van der Waals surface area contributed by atoms with E-state index in [0.29, 0.717) is 18.4 Å². The Morgan fingerprint density at radius 1 is 0.815 bits per heavy atom. The molecule has 54 heavy (non-hydrogen) atoms. The Kier molecular flexibility index (Phi) is 17.9. The van der Waals surface area contributed by atoms with E-state index in [9.17, 15) is 29.1 Å². The van der Waals surface area contributed by atoms with Crippen molar-refractivity contribution in [3.8, 4) is 0 Å². The van der Waals surface area contributed by atoms with Crippen LogP contribution in [0.2, 0.25) is 0 Å². The van der Waals surface area contributed by atoms with Crippen molar-refractivity contribution in [1.29, 1.82) is 0 Å². The summed E-state index contributed by atoms with van der Waals surface area (Å²) in [7, 11) is 0. The summed E-state index contributed by atoms with van der Waals surface area (Å²) >= 11 is 0. The highest BCUT2D eigenvalue weighted by Crippen LogP contribution is 2.14. The number of hydrogen-bond donors (Lipinski definition) is 8. The van der Waals surface area contributed by atoms with Gasteiger partial charge in [0.2, 0.25) is 17.7 Å². The molecule has 1 fully saturated rings. The molecule has 1 aliphatic heterocycles. The molecule has 2 aromatic carbocycles. The molecule has 0 radical (unpaired) electrons. The zero-order valence-corrected chi connectivity index (χ0v) is 32.0. The summed E-state index contributed by atoms with van der Waals surface area (Å²) in [4.78, 5) is 73.2. The Hall–Kier alpha value is -5.02. The van der Waals surface area contributed by atoms with E-state index in [1.807, 2.05) is 39.0 Å². The molecule has 1 aliphatic rings. The van der Waals surface area contributed by atoms with Crippen molar-refractivity contribution in [2.24, 2.45) is 28.3 Å². The van der Waals surface area contributed by atoms with Crippen LogP contribution in [0.4, 0.5) is 0 Å². The first-order valence-corrected chi connectivity index (χ1v) is 18.8. The summed E-state index contributed by atoms with van der Waals surface area (Å²) < 4.78 is 0. The van der Waals surface area contributed by atoms with E-state index in [1.54, 1.807) is 43.3 Å². The number of rotatable bonds is 21. The lowest BCUT2D eigenvalue weighted by Gasteiger charge is -2.29. The van der Waals surface area contributed by atoms with Crippen LogP contribution in [-0.4, -0.2) is 102 Å². The van der Waals surface area contributed by atoms with Crippen molar-refractivity contribution in [2.75, 3.05) is 32.7 Å². The molecule has 0 saturated carbocycles. The fourth-order valence-corrected chi connectivity index (χ4v) is 6.15. The van der Waals surface area contributed by atoms with Gasteiger partial charge in [0.05, 0.1) is 0 Å². The Bertz CT molecular complexity index is 1540. The molecular formula is C39H59N9O6. The highest BCUT2D eigenvalue weighted by molar-refractivity contribution is 5.99. The average Bonchev–Trinajstić information content (AvgIpc) is 3.14. The predicted octanol–water partition coefficient (Wildman–Crippen LogP) is 1.12. The second kappa shape index (κ2) is 22.3. The van der Waals surface area contributed by atoms with E-state index in [4.69, 9.17) is 11.5 Å². The van der Waals surface area contributed by atoms with E-state index in [1.165, 1.54) is 0 Å². The van der Waals surface area contributed by atoms with Gasteiger partial charge in [0.25, 0.3) is 5.91 Å². The highest BCUT2D eigenvalue weighted by atomic mass is 16.4. The molecule has 15 heteroatoms. The summed E-state index contributed by atoms with van der Waals surface area (Å²) in [6.45, 7) is 12.2. The maximum atomic E-state index is 13.9. The van der Waals surface area contributed by atoms with E-state index in [0.717, 1.165) is 43.9 Å². The standard InChI is InChI=1S/C39H59N9O6/c1-5-26(4)33(37(52)46-32(38(53)54)23-27-10-7-6-8-11-27)47-36(51)31(22-25(2)3)45-35(50)30(12-9-17-43-39(40)41)44-34(49)29-15-13-28(14-16-29)24-48-20-18-42-19-21-48/h6-8,10-11,13-16,25-26,30-33,42H,5,9,12,17-24H2,1-4H3,(H,44,49)(H,45,50)(H,46,52)(H,47,51)(H,53,54)(H4,40,41,43)/t26-,30-,31-,32-,33-/m0/s1. The minimum absolute atomic E-state index is 0.0335. The van der Waals surface area contributed by atoms with Crippen LogP contribution >= 0.6 is 0 Å². The van der Waals surface area contributed by atoms with Gasteiger partial charge in [0, 0.05) is 51.3 Å². The molecule has 3 rings (SSSR count). The van der Waals surface area contributed by atoms with Crippen molar-refractivity contribution in [3.05, 3.63) is 71.3 Å². The number of carboxylic acid groups (broad SMARTS) is 1. The lowest BCUT2D eigenvalue weighted by molar-refractivity contribution is -0.142. The van der Waals surface area contributed by atoms with Gasteiger partial charge in [-0.05, 0) is 54.4 Å². The largest absolute Gasteiger partial charge is 0.480 e. The van der Waals surface area contributed by atoms with Gasteiger partial charge in [0.15, 0.2) is 5.96 Å². The maximum absolute atomic E-state index is 13.9. The number of guanidine groups is 1. The molecule has 15 nitrogen and oxygen atoms in total. The first-order chi connectivity index (χ1) is 25.8. The molecule has 4 amide bonds. The number of carbonyl (C=O) groups is 5. The highest BCUT2D eigenvalue weighted by Gasteiger charge is 2.34. The molecule has 10 N–H and O–H groups in total. The van der Waals surface area contributed by atoms with Crippen LogP contribution in [0, 0.1) is 11.8 Å². The summed E-state index contributed by atoms with van der Waals surface area (Å²) in [6, 6.07) is 11.8. The maximum Gasteiger partial charge on any atom is 0.326 e. The first kappa shape index (κ1) is 43.4. The Balaban J connectivity index is 1.75. The SMILES string of the molecule is CC[C@H](C)[C@H](NC(=O)[C@H](CC(C)C)NC(=O)[C@H](CCCN=C(N)N)NC(=O)c1ccc(CN2CCNCC2)cc1)C(=O)N[C@@H](Cc1ccccc1)C(=O)O. The van der Waals surface area contributed by atoms with E-state index in [-0.39, 0.29) is 43.6 Å². The quantitative estimate of drug-likeness (QED) is 0.0515. The smallest absolute Gasteiger partial charge is 0.326 e. The third-order valence-electron chi connectivity index (χ3n) is 9.43. The first-order valence-electron chi connectivity index (χ1n) is 18.8. The van der Waals surface area contributed by atoms with Crippen LogP contribution in [-0.2, 0) is 32.1 Å². The summed E-state index contributed by atoms with van der Waals surface area (Å²) in [6.07, 6.45) is 1.36. The third kappa shape index (κ3) is 14.8. The second-order valence-electron chi connectivity index (χ2n) is 14.3. The number of aliphatic carboxylic acids is 1. The predicted molar refractivity (Wildman–Crippen MR) is 208 cm³/mol. The van der Waals surface area contributed by atoms with E-state index < -0.39 is 53.8 Å². The molecule has 0 aliphatic carbocycles. The van der Waals surface area contributed by atoms with Crippen molar-refractivity contribution >= 4 is 35.6 Å². The number of carbonyl (C=O) groups excluding carboxylic acids is 4. The van der Waals surface area contributed by atoms with Gasteiger partial charge in [-0.1, -0.05) is 76.6 Å². The fraction of sp³-hybridized carbons (Fsp3) is 0.538. The number of nitrogens with one attached hydrogen (secondary N) is 5. The lowest BCUT2D eigenvalue weighted by atomic mass is 9.96. The minimum atomic E-state index is -1.22. The minimum Gasteiger partial charge on any atom is -0.480 e. The molecule has 0 spiro atoms. The number of aliphatic imine (C=N–C) groups is 1. The van der Waals surface area contributed by atoms with Gasteiger partial charge in [-0.2, -0.15) is 0 Å². The molecule has 0 aromatic heterocycles. The monoisotopic (exact) mass is 749 g/mol. The summed E-state index contributed by atoms with van der Waals surface area (Å²) in [5.74, 6) is -3.96. The number of carboxylic acids is 1. The number of nitrogens with zero attached hydrogens (tertiary/aromatic N) is 2. The summed E-state index contributed by atoms with van der Waals surface area (Å²) in [5.41, 5.74) is 13.1. The molecular weight excluding hydrogens is 690 g/mol. The molecule has 0 bridgehead atoms. The van der Waals surface area contributed by atoms with Crippen LogP contribution in [0.3, 0.4) is 0 Å². The number of piperazine rings is 1. The van der Waals surface area contributed by atoms with E-state index >= 15 is 0 Å². The van der Waals surface area contributed by atoms with Gasteiger partial charge in [-0.3, -0.25) is 29.1 Å².